The Hall–Kier alpha value is -8.14. The van der Waals surface area contributed by atoms with E-state index in [-0.39, 0.29) is 21.8 Å². The number of benzene rings is 10. The van der Waals surface area contributed by atoms with Crippen molar-refractivity contribution in [3.8, 4) is 44.5 Å². The molecule has 61 heavy (non-hydrogen) atoms. The number of furan rings is 2. The first kappa shape index (κ1) is 21.7. The van der Waals surface area contributed by atoms with Crippen LogP contribution in [0.25, 0.3) is 99.2 Å². The number of hydrogen-bond donors (Lipinski definition) is 0. The second-order valence-corrected chi connectivity index (χ2v) is 14.3. The van der Waals surface area contributed by atoms with E-state index in [1.165, 1.54) is 0 Å². The monoisotopic (exact) mass is 796 g/mol. The molecule has 0 radical (unpaired) electrons. The fourth-order valence-corrected chi connectivity index (χ4v) is 8.06. The summed E-state index contributed by atoms with van der Waals surface area (Å²) in [5, 5.41) is 0.539. The maximum atomic E-state index is 10.4. The van der Waals surface area contributed by atoms with Gasteiger partial charge in [0.2, 0.25) is 0 Å². The topological polar surface area (TPSA) is 29.5 Å². The van der Waals surface area contributed by atoms with Crippen LogP contribution in [-0.2, 0) is 0 Å². The zero-order chi connectivity index (χ0) is 55.1. The lowest BCUT2D eigenvalue weighted by atomic mass is 9.94. The van der Waals surface area contributed by atoms with Crippen LogP contribution in [0, 0.1) is 0 Å². The Labute approximate surface area is 376 Å². The van der Waals surface area contributed by atoms with Crippen molar-refractivity contribution >= 4 is 71.7 Å². The van der Waals surface area contributed by atoms with E-state index in [0.717, 1.165) is 33.0 Å². The molecule has 0 aliphatic rings. The van der Waals surface area contributed by atoms with Crippen molar-refractivity contribution in [3.63, 3.8) is 0 Å². The Morgan fingerprint density at radius 3 is 1.70 bits per heavy atom. The van der Waals surface area contributed by atoms with Crippen LogP contribution in [-0.4, -0.2) is 0 Å². The number of rotatable bonds is 7. The molecule has 0 amide bonds. The van der Waals surface area contributed by atoms with Gasteiger partial charge in [-0.3, -0.25) is 0 Å². The summed E-state index contributed by atoms with van der Waals surface area (Å²) in [6, 6.07) is 25.0. The molecular weight excluding hydrogens is 743 g/mol. The molecule has 12 aromatic rings. The quantitative estimate of drug-likeness (QED) is 0.161. The van der Waals surface area contributed by atoms with Crippen molar-refractivity contribution in [1.82, 2.24) is 0 Å². The van der Waals surface area contributed by atoms with Gasteiger partial charge in [-0.05, 0) is 92.8 Å². The molecule has 2 heterocycles. The van der Waals surface area contributed by atoms with Crippen LogP contribution < -0.4 is 4.90 Å². The summed E-state index contributed by atoms with van der Waals surface area (Å²) < 4.78 is 168. The number of nitrogens with zero attached hydrogens (tertiary/aromatic N) is 1. The third-order valence-electron chi connectivity index (χ3n) is 10.8. The summed E-state index contributed by atoms with van der Waals surface area (Å²) in [5.74, 6) is 0. The highest BCUT2D eigenvalue weighted by Crippen LogP contribution is 2.48. The minimum atomic E-state index is -0.785. The van der Waals surface area contributed by atoms with Gasteiger partial charge in [0.1, 0.15) is 22.3 Å². The normalized spacial score (nSPS) is 15.5. The second-order valence-electron chi connectivity index (χ2n) is 14.3. The van der Waals surface area contributed by atoms with Crippen molar-refractivity contribution < 1.29 is 32.1 Å². The van der Waals surface area contributed by atoms with Crippen molar-refractivity contribution in [2.75, 3.05) is 4.90 Å². The largest absolute Gasteiger partial charge is 0.455 e. The maximum Gasteiger partial charge on any atom is 0.143 e. The molecule has 0 N–H and O–H groups in total. The molecule has 3 heteroatoms. The van der Waals surface area contributed by atoms with E-state index in [1.807, 2.05) is 97.1 Å². The van der Waals surface area contributed by atoms with Crippen LogP contribution in [0.5, 0.6) is 0 Å². The molecule has 0 unspecified atom stereocenters. The minimum Gasteiger partial charge on any atom is -0.455 e. The molecule has 0 aliphatic heterocycles. The smallest absolute Gasteiger partial charge is 0.143 e. The van der Waals surface area contributed by atoms with Crippen molar-refractivity contribution in [2.24, 2.45) is 0 Å². The summed E-state index contributed by atoms with van der Waals surface area (Å²) in [7, 11) is 0. The SMILES string of the molecule is [2H]c1c([2H])c([2H])c(-c2c([2H])c(N(c3ccc(-c4ccccc4)cc3)c3ccc(-c4cccc5c4oc4ccccc45)cc3)c3c(oc4c5c([2H])c([2H])c([2H])c([2H])c5c(-c5c([2H])c([2H])c([2H])c([2H])c5[2H])c([2H])c43)c2[2H])c([2H])c1[2H]. The lowest BCUT2D eigenvalue weighted by Gasteiger charge is -2.27. The molecule has 0 atom stereocenters. The molecule has 3 nitrogen and oxygen atoms in total. The first-order valence-corrected chi connectivity index (χ1v) is 19.4. The van der Waals surface area contributed by atoms with E-state index >= 15 is 0 Å². The standard InChI is InChI=1S/C58H37NO2/c1-4-15-38(16-5-1)40-27-31-44(32-28-40)59(45-33-29-42(30-34-45)46-24-14-25-50-48-22-12-13-26-54(48)60-57(46)50)53-35-43(39-17-6-2-7-18-39)36-55-56(53)52-37-51(41-19-8-3-9-20-41)47-21-10-11-23-49(47)58(52)61-55/h1-37H/i2D,3D,6D,7D,8D,9D,10D,11D,17D,18D,19D,20D,21D,23D,35D,36D,37D. The van der Waals surface area contributed by atoms with Crippen LogP contribution >= 0.6 is 0 Å². The third kappa shape index (κ3) is 5.90. The molecule has 0 saturated carbocycles. The molecule has 12 rings (SSSR count). The van der Waals surface area contributed by atoms with Gasteiger partial charge in [0.25, 0.3) is 0 Å². The third-order valence-corrected chi connectivity index (χ3v) is 10.8. The summed E-state index contributed by atoms with van der Waals surface area (Å²) in [5.41, 5.74) is 2.18. The lowest BCUT2D eigenvalue weighted by molar-refractivity contribution is 0.670. The van der Waals surface area contributed by atoms with Gasteiger partial charge in [-0.2, -0.15) is 0 Å². The Balaban J connectivity index is 1.26. The Kier molecular flexibility index (Phi) is 5.10. The number of anilines is 3. The van der Waals surface area contributed by atoms with Gasteiger partial charge < -0.3 is 13.7 Å². The van der Waals surface area contributed by atoms with Crippen molar-refractivity contribution in [1.29, 1.82) is 0 Å². The van der Waals surface area contributed by atoms with Crippen molar-refractivity contribution in [3.05, 3.63) is 224 Å². The highest BCUT2D eigenvalue weighted by molar-refractivity contribution is 6.23. The predicted molar refractivity (Wildman–Crippen MR) is 255 cm³/mol. The molecule has 2 aromatic heterocycles. The molecule has 0 aliphatic carbocycles. The van der Waals surface area contributed by atoms with E-state index in [4.69, 9.17) is 25.3 Å². The zero-order valence-electron chi connectivity index (χ0n) is 48.8. The first-order valence-electron chi connectivity index (χ1n) is 27.9. The number of para-hydroxylation sites is 2. The number of hydrogen-bond acceptors (Lipinski definition) is 3. The van der Waals surface area contributed by atoms with Gasteiger partial charge in [0.05, 0.1) is 34.4 Å². The van der Waals surface area contributed by atoms with E-state index in [9.17, 15) is 6.85 Å². The predicted octanol–water partition coefficient (Wildman–Crippen LogP) is 16.8. The summed E-state index contributed by atoms with van der Waals surface area (Å²) in [4.78, 5) is 1.62. The van der Waals surface area contributed by atoms with Gasteiger partial charge in [-0.1, -0.05) is 176 Å². The van der Waals surface area contributed by atoms with Crippen LogP contribution in [0.3, 0.4) is 0 Å². The first-order chi connectivity index (χ1) is 37.3. The molecule has 286 valence electrons. The Morgan fingerprint density at radius 1 is 0.344 bits per heavy atom. The molecule has 0 spiro atoms. The van der Waals surface area contributed by atoms with E-state index < -0.39 is 142 Å². The highest BCUT2D eigenvalue weighted by Gasteiger charge is 2.24. The van der Waals surface area contributed by atoms with Crippen LogP contribution in [0.2, 0.25) is 0 Å². The molecular formula is C58H37NO2. The molecule has 0 saturated heterocycles. The summed E-state index contributed by atoms with van der Waals surface area (Å²) >= 11 is 0. The van der Waals surface area contributed by atoms with Crippen LogP contribution in [0.4, 0.5) is 17.1 Å². The second kappa shape index (κ2) is 14.3. The van der Waals surface area contributed by atoms with Crippen molar-refractivity contribution in [2.45, 2.75) is 0 Å². The average molecular weight is 797 g/mol. The molecule has 10 aromatic carbocycles. The maximum absolute atomic E-state index is 10.4. The number of fused-ring (bicyclic) bond motifs is 8. The molecule has 0 fully saturated rings. The molecule has 0 bridgehead atoms. The van der Waals surface area contributed by atoms with E-state index in [2.05, 4.69) is 0 Å². The highest BCUT2D eigenvalue weighted by atomic mass is 16.3. The van der Waals surface area contributed by atoms with E-state index in [0.29, 0.717) is 22.5 Å². The summed E-state index contributed by atoms with van der Waals surface area (Å²) in [6.45, 7) is 0. The Bertz CT molecular complexity index is 4520. The Morgan fingerprint density at radius 2 is 0.951 bits per heavy atom. The zero-order valence-corrected chi connectivity index (χ0v) is 31.8. The van der Waals surface area contributed by atoms with Gasteiger partial charge >= 0.3 is 0 Å². The van der Waals surface area contributed by atoms with Gasteiger partial charge in [0, 0.05) is 38.5 Å². The van der Waals surface area contributed by atoms with Gasteiger partial charge in [0.15, 0.2) is 0 Å². The van der Waals surface area contributed by atoms with Gasteiger partial charge in [-0.25, -0.2) is 0 Å². The van der Waals surface area contributed by atoms with Crippen LogP contribution in [0.15, 0.2) is 233 Å². The average Bonchev–Trinajstić information content (AvgIpc) is 4.24. The minimum absolute atomic E-state index is 0.179. The van der Waals surface area contributed by atoms with E-state index in [1.54, 1.807) is 29.2 Å². The fourth-order valence-electron chi connectivity index (χ4n) is 8.06. The lowest BCUT2D eigenvalue weighted by Crippen LogP contribution is -2.10. The summed E-state index contributed by atoms with van der Waals surface area (Å²) in [6.07, 6.45) is 0. The van der Waals surface area contributed by atoms with Crippen LogP contribution in [0.1, 0.15) is 23.3 Å². The fraction of sp³-hybridized carbons (Fsp3) is 0. The van der Waals surface area contributed by atoms with Gasteiger partial charge in [-0.15, -0.1) is 0 Å².